The molecule has 1 heterocycles. The molecule has 0 atom stereocenters. The van der Waals surface area contributed by atoms with Gasteiger partial charge in [0.2, 0.25) is 0 Å². The van der Waals surface area contributed by atoms with Gasteiger partial charge in [-0.25, -0.2) is 9.07 Å². The van der Waals surface area contributed by atoms with Gasteiger partial charge in [-0.1, -0.05) is 13.0 Å². The number of hydrogen-bond donors (Lipinski definition) is 1. The molecule has 0 aliphatic heterocycles. The van der Waals surface area contributed by atoms with Gasteiger partial charge in [-0.2, -0.15) is 5.10 Å². The second-order valence-electron chi connectivity index (χ2n) is 4.77. The summed E-state index contributed by atoms with van der Waals surface area (Å²) in [7, 11) is 0. The van der Waals surface area contributed by atoms with Crippen LogP contribution in [0.2, 0.25) is 0 Å². The van der Waals surface area contributed by atoms with E-state index in [1.54, 1.807) is 16.8 Å². The monoisotopic (exact) mass is 261 g/mol. The lowest BCUT2D eigenvalue weighted by molar-refractivity contribution is 0.603. The van der Waals surface area contributed by atoms with Crippen LogP contribution >= 0.6 is 0 Å². The number of aromatic nitrogens is 2. The number of rotatable bonds is 4. The maximum absolute atomic E-state index is 14.2. The quantitative estimate of drug-likeness (QED) is 0.916. The van der Waals surface area contributed by atoms with Crippen LogP contribution in [-0.2, 0) is 6.54 Å². The summed E-state index contributed by atoms with van der Waals surface area (Å²) in [5, 5.41) is 7.58. The maximum atomic E-state index is 14.2. The first-order valence-electron chi connectivity index (χ1n) is 6.57. The molecule has 4 heteroatoms. The Bertz CT molecular complexity index is 587. The third-order valence-corrected chi connectivity index (χ3v) is 3.47. The zero-order chi connectivity index (χ0) is 14.0. The molecular formula is C15H20FN3. The van der Waals surface area contributed by atoms with Crippen molar-refractivity contribution >= 4 is 0 Å². The molecular weight excluding hydrogens is 241 g/mol. The summed E-state index contributed by atoms with van der Waals surface area (Å²) in [6.07, 6.45) is 0. The van der Waals surface area contributed by atoms with E-state index in [4.69, 9.17) is 0 Å². The molecule has 0 unspecified atom stereocenters. The van der Waals surface area contributed by atoms with Crippen molar-refractivity contribution in [2.75, 3.05) is 6.54 Å². The van der Waals surface area contributed by atoms with Gasteiger partial charge in [-0.3, -0.25) is 0 Å². The second-order valence-corrected chi connectivity index (χ2v) is 4.77. The molecule has 1 aromatic heterocycles. The van der Waals surface area contributed by atoms with Crippen LogP contribution in [0.4, 0.5) is 4.39 Å². The van der Waals surface area contributed by atoms with Crippen molar-refractivity contribution < 1.29 is 4.39 Å². The minimum Gasteiger partial charge on any atom is -0.313 e. The van der Waals surface area contributed by atoms with E-state index in [1.165, 1.54) is 0 Å². The molecule has 0 saturated heterocycles. The number of hydrogen-bond acceptors (Lipinski definition) is 2. The van der Waals surface area contributed by atoms with Crippen molar-refractivity contribution in [3.63, 3.8) is 0 Å². The molecule has 2 aromatic rings. The topological polar surface area (TPSA) is 29.9 Å². The first kappa shape index (κ1) is 13.7. The van der Waals surface area contributed by atoms with E-state index in [0.29, 0.717) is 12.2 Å². The molecule has 0 radical (unpaired) electrons. The summed E-state index contributed by atoms with van der Waals surface area (Å²) in [6.45, 7) is 9.50. The summed E-state index contributed by atoms with van der Waals surface area (Å²) in [5.41, 5.74) is 4.48. The number of aryl methyl sites for hydroxylation is 1. The average Bonchev–Trinajstić information content (AvgIpc) is 2.64. The zero-order valence-electron chi connectivity index (χ0n) is 11.9. The van der Waals surface area contributed by atoms with Gasteiger partial charge < -0.3 is 5.32 Å². The van der Waals surface area contributed by atoms with Gasteiger partial charge in [0.25, 0.3) is 0 Å². The normalized spacial score (nSPS) is 11.0. The first-order valence-corrected chi connectivity index (χ1v) is 6.57. The van der Waals surface area contributed by atoms with Crippen molar-refractivity contribution in [1.29, 1.82) is 0 Å². The van der Waals surface area contributed by atoms with E-state index >= 15 is 0 Å². The summed E-state index contributed by atoms with van der Waals surface area (Å²) in [5.74, 6) is -0.235. The van der Waals surface area contributed by atoms with Gasteiger partial charge in [-0.15, -0.1) is 0 Å². The van der Waals surface area contributed by atoms with Gasteiger partial charge in [0.05, 0.1) is 5.69 Å². The second kappa shape index (κ2) is 5.53. The van der Waals surface area contributed by atoms with Crippen molar-refractivity contribution in [2.24, 2.45) is 0 Å². The highest BCUT2D eigenvalue weighted by molar-refractivity contribution is 5.39. The smallest absolute Gasteiger partial charge is 0.149 e. The Balaban J connectivity index is 2.37. The van der Waals surface area contributed by atoms with Crippen LogP contribution < -0.4 is 5.32 Å². The molecule has 3 nitrogen and oxygen atoms in total. The van der Waals surface area contributed by atoms with Crippen LogP contribution in [-0.4, -0.2) is 16.3 Å². The van der Waals surface area contributed by atoms with Gasteiger partial charge in [0, 0.05) is 12.2 Å². The predicted octanol–water partition coefficient (Wildman–Crippen LogP) is 3.05. The molecule has 0 saturated carbocycles. The SMILES string of the molecule is CCNCc1ccc(-n2nc(C)c(C)c2C)c(F)c1. The molecule has 19 heavy (non-hydrogen) atoms. The van der Waals surface area contributed by atoms with Crippen molar-refractivity contribution in [2.45, 2.75) is 34.2 Å². The van der Waals surface area contributed by atoms with Crippen molar-refractivity contribution in [3.05, 3.63) is 46.5 Å². The zero-order valence-corrected chi connectivity index (χ0v) is 11.9. The highest BCUT2D eigenvalue weighted by Crippen LogP contribution is 2.20. The van der Waals surface area contributed by atoms with E-state index in [-0.39, 0.29) is 5.82 Å². The standard InChI is InChI=1S/C15H20FN3/c1-5-17-9-13-6-7-15(14(16)8-13)19-12(4)10(2)11(3)18-19/h6-8,17H,5,9H2,1-4H3. The van der Waals surface area contributed by atoms with Crippen molar-refractivity contribution in [1.82, 2.24) is 15.1 Å². The number of nitrogens with one attached hydrogen (secondary N) is 1. The van der Waals surface area contributed by atoms with E-state index in [1.807, 2.05) is 33.8 Å². The lowest BCUT2D eigenvalue weighted by atomic mass is 10.2. The summed E-state index contributed by atoms with van der Waals surface area (Å²) >= 11 is 0. The molecule has 0 fully saturated rings. The van der Waals surface area contributed by atoms with Gasteiger partial charge in [0.1, 0.15) is 11.5 Å². The third kappa shape index (κ3) is 2.68. The van der Waals surface area contributed by atoms with Crippen LogP contribution in [0, 0.1) is 26.6 Å². The van der Waals surface area contributed by atoms with Gasteiger partial charge in [-0.05, 0) is 50.6 Å². The Morgan fingerprint density at radius 1 is 1.26 bits per heavy atom. The Morgan fingerprint density at radius 3 is 2.53 bits per heavy atom. The highest BCUT2D eigenvalue weighted by atomic mass is 19.1. The minimum atomic E-state index is -0.235. The fraction of sp³-hybridized carbons (Fsp3) is 0.400. The average molecular weight is 261 g/mol. The van der Waals surface area contributed by atoms with E-state index in [2.05, 4.69) is 10.4 Å². The van der Waals surface area contributed by atoms with Gasteiger partial charge >= 0.3 is 0 Å². The van der Waals surface area contributed by atoms with E-state index in [0.717, 1.165) is 29.1 Å². The maximum Gasteiger partial charge on any atom is 0.149 e. The summed E-state index contributed by atoms with van der Waals surface area (Å²) in [6, 6.07) is 5.30. The Hall–Kier alpha value is -1.68. The Labute approximate surface area is 113 Å². The van der Waals surface area contributed by atoms with Crippen LogP contribution in [0.1, 0.15) is 29.4 Å². The summed E-state index contributed by atoms with van der Waals surface area (Å²) < 4.78 is 15.9. The Morgan fingerprint density at radius 2 is 2.00 bits per heavy atom. The molecule has 1 aromatic carbocycles. The van der Waals surface area contributed by atoms with Crippen LogP contribution in [0.15, 0.2) is 18.2 Å². The summed E-state index contributed by atoms with van der Waals surface area (Å²) in [4.78, 5) is 0. The van der Waals surface area contributed by atoms with E-state index < -0.39 is 0 Å². The van der Waals surface area contributed by atoms with Crippen molar-refractivity contribution in [3.8, 4) is 5.69 Å². The van der Waals surface area contributed by atoms with Crippen LogP contribution in [0.25, 0.3) is 5.69 Å². The molecule has 0 aliphatic rings. The van der Waals surface area contributed by atoms with Crippen LogP contribution in [0.5, 0.6) is 0 Å². The largest absolute Gasteiger partial charge is 0.313 e. The number of benzene rings is 1. The molecule has 1 N–H and O–H groups in total. The van der Waals surface area contributed by atoms with Gasteiger partial charge in [0.15, 0.2) is 0 Å². The number of halogens is 1. The minimum absolute atomic E-state index is 0.235. The highest BCUT2D eigenvalue weighted by Gasteiger charge is 2.12. The lowest BCUT2D eigenvalue weighted by Gasteiger charge is -2.08. The fourth-order valence-corrected chi connectivity index (χ4v) is 2.06. The fourth-order valence-electron chi connectivity index (χ4n) is 2.06. The first-order chi connectivity index (χ1) is 9.04. The van der Waals surface area contributed by atoms with E-state index in [9.17, 15) is 4.39 Å². The molecule has 0 bridgehead atoms. The molecule has 102 valence electrons. The Kier molecular flexibility index (Phi) is 4.00. The molecule has 0 amide bonds. The van der Waals surface area contributed by atoms with Crippen LogP contribution in [0.3, 0.4) is 0 Å². The lowest BCUT2D eigenvalue weighted by Crippen LogP contribution is -2.12. The number of nitrogens with zero attached hydrogens (tertiary/aromatic N) is 2. The molecule has 2 rings (SSSR count). The predicted molar refractivity (Wildman–Crippen MR) is 75.1 cm³/mol. The third-order valence-electron chi connectivity index (χ3n) is 3.47. The molecule has 0 aliphatic carbocycles. The molecule has 0 spiro atoms.